The highest BCUT2D eigenvalue weighted by molar-refractivity contribution is 7.92. The smallest absolute Gasteiger partial charge is 0.408 e. The number of alkyl carbamates (subject to hydrolysis) is 1. The Kier molecular flexibility index (Phi) is 13.6. The van der Waals surface area contributed by atoms with E-state index in [1.54, 1.807) is 72.1 Å². The standard InChI is InChI=1S/C43H52N4O9S/c1-8-15-33(37(48)26-57(52,53)31-18-13-10-14-19-31)45-40(49)36-23-30(25-47(36)41(50)39(27(2)3)46-42(51)56-43(4,5)6)55-38-24-34(28-16-11-9-12-17-28)44-35-22-29(54-7)20-21-32(35)38/h9-14,16-22,24,27,30,33,36,39H,8,15,23,25-26H2,1-7H3,(H,45,49)(H,46,51)/t30-,33+,36?,39+/m1/s1. The SMILES string of the molecule is CCC[C@H](NC(=O)C1C[C@@H](Oc2cc(-c3ccccc3)nc3cc(OC)ccc23)CN1C(=O)[C@@H](NC(=O)OC(C)(C)C)C(C)C)C(=O)CS(=O)(=O)c1ccccc1. The molecule has 13 nitrogen and oxygen atoms in total. The number of carbonyl (C=O) groups excluding carboxylic acids is 4. The lowest BCUT2D eigenvalue weighted by Crippen LogP contribution is -2.57. The number of aromatic nitrogens is 1. The Labute approximate surface area is 334 Å². The first kappa shape index (κ1) is 42.6. The van der Waals surface area contributed by atoms with Crippen LogP contribution in [0.25, 0.3) is 22.2 Å². The maximum Gasteiger partial charge on any atom is 0.408 e. The van der Waals surface area contributed by atoms with E-state index >= 15 is 0 Å². The lowest BCUT2D eigenvalue weighted by atomic mass is 10.0. The van der Waals surface area contributed by atoms with Crippen LogP contribution in [0.2, 0.25) is 0 Å². The van der Waals surface area contributed by atoms with Crippen LogP contribution in [-0.4, -0.2) is 91.2 Å². The second-order valence-electron chi connectivity index (χ2n) is 15.5. The van der Waals surface area contributed by atoms with Gasteiger partial charge in [0.2, 0.25) is 11.8 Å². The first-order chi connectivity index (χ1) is 27.0. The maximum atomic E-state index is 14.5. The molecule has 1 unspecified atom stereocenters. The van der Waals surface area contributed by atoms with Crippen molar-refractivity contribution in [2.75, 3.05) is 19.4 Å². The number of carbonyl (C=O) groups is 4. The summed E-state index contributed by atoms with van der Waals surface area (Å²) in [5.41, 5.74) is 1.27. The van der Waals surface area contributed by atoms with Gasteiger partial charge >= 0.3 is 6.09 Å². The van der Waals surface area contributed by atoms with Gasteiger partial charge in [0.1, 0.15) is 41.0 Å². The fraction of sp³-hybridized carbons (Fsp3) is 0.419. The number of pyridine rings is 1. The first-order valence-electron chi connectivity index (χ1n) is 19.1. The molecule has 1 aromatic heterocycles. The minimum Gasteiger partial charge on any atom is -0.497 e. The molecule has 1 aliphatic rings. The van der Waals surface area contributed by atoms with Crippen LogP contribution in [0.1, 0.15) is 60.8 Å². The number of amides is 3. The molecule has 57 heavy (non-hydrogen) atoms. The predicted octanol–water partition coefficient (Wildman–Crippen LogP) is 6.14. The molecule has 0 bridgehead atoms. The van der Waals surface area contributed by atoms with E-state index in [2.05, 4.69) is 10.6 Å². The van der Waals surface area contributed by atoms with Crippen molar-refractivity contribution in [1.82, 2.24) is 20.5 Å². The number of ketones is 1. The number of fused-ring (bicyclic) bond motifs is 1. The van der Waals surface area contributed by atoms with E-state index in [0.717, 1.165) is 5.56 Å². The Morgan fingerprint density at radius 3 is 2.21 bits per heavy atom. The van der Waals surface area contributed by atoms with Gasteiger partial charge < -0.3 is 29.7 Å². The average molecular weight is 801 g/mol. The van der Waals surface area contributed by atoms with E-state index < -0.39 is 75.0 Å². The van der Waals surface area contributed by atoms with Gasteiger partial charge in [0.15, 0.2) is 15.6 Å². The van der Waals surface area contributed by atoms with Gasteiger partial charge in [-0.15, -0.1) is 0 Å². The normalized spacial score (nSPS) is 16.8. The quantitative estimate of drug-likeness (QED) is 0.143. The van der Waals surface area contributed by atoms with Crippen molar-refractivity contribution in [3.05, 3.63) is 84.9 Å². The number of sulfone groups is 1. The molecule has 4 aromatic rings. The van der Waals surface area contributed by atoms with Crippen LogP contribution in [0.15, 0.2) is 89.8 Å². The lowest BCUT2D eigenvalue weighted by Gasteiger charge is -2.31. The van der Waals surface area contributed by atoms with Gasteiger partial charge in [-0.1, -0.05) is 75.7 Å². The molecule has 0 aliphatic carbocycles. The summed E-state index contributed by atoms with van der Waals surface area (Å²) in [6.45, 7) is 10.5. The maximum absolute atomic E-state index is 14.5. The largest absolute Gasteiger partial charge is 0.497 e. The zero-order valence-corrected chi connectivity index (χ0v) is 34.3. The number of benzene rings is 3. The summed E-state index contributed by atoms with van der Waals surface area (Å²) < 4.78 is 43.9. The number of methoxy groups -OCH3 is 1. The zero-order valence-electron chi connectivity index (χ0n) is 33.5. The number of rotatable bonds is 15. The molecule has 0 saturated carbocycles. The molecule has 5 rings (SSSR count). The van der Waals surface area contributed by atoms with Crippen LogP contribution in [0, 0.1) is 5.92 Å². The van der Waals surface area contributed by atoms with Gasteiger partial charge in [-0.2, -0.15) is 0 Å². The Morgan fingerprint density at radius 1 is 0.930 bits per heavy atom. The lowest BCUT2D eigenvalue weighted by molar-refractivity contribution is -0.141. The number of likely N-dealkylation sites (tertiary alicyclic amines) is 1. The Balaban J connectivity index is 1.48. The third kappa shape index (κ3) is 10.9. The molecule has 3 amide bonds. The molecule has 2 N–H and O–H groups in total. The molecular weight excluding hydrogens is 749 g/mol. The fourth-order valence-electron chi connectivity index (χ4n) is 6.71. The summed E-state index contributed by atoms with van der Waals surface area (Å²) in [5.74, 6) is -1.99. The minimum atomic E-state index is -3.99. The zero-order chi connectivity index (χ0) is 41.5. The van der Waals surface area contributed by atoms with E-state index in [1.165, 1.54) is 17.0 Å². The van der Waals surface area contributed by atoms with Gasteiger partial charge in [0, 0.05) is 29.5 Å². The molecule has 1 aliphatic heterocycles. The monoisotopic (exact) mass is 800 g/mol. The van der Waals surface area contributed by atoms with Crippen molar-refractivity contribution in [3.63, 3.8) is 0 Å². The third-order valence-electron chi connectivity index (χ3n) is 9.51. The Morgan fingerprint density at radius 2 is 1.60 bits per heavy atom. The fourth-order valence-corrected chi connectivity index (χ4v) is 8.02. The van der Waals surface area contributed by atoms with Crippen LogP contribution < -0.4 is 20.1 Å². The topological polar surface area (TPSA) is 170 Å². The minimum absolute atomic E-state index is 0.00203. The summed E-state index contributed by atoms with van der Waals surface area (Å²) in [4.78, 5) is 61.5. The molecule has 304 valence electrons. The summed E-state index contributed by atoms with van der Waals surface area (Å²) in [7, 11) is -2.42. The predicted molar refractivity (Wildman–Crippen MR) is 217 cm³/mol. The molecule has 1 saturated heterocycles. The van der Waals surface area contributed by atoms with Gasteiger partial charge in [-0.3, -0.25) is 14.4 Å². The van der Waals surface area contributed by atoms with Gasteiger partial charge in [0.05, 0.1) is 35.8 Å². The van der Waals surface area contributed by atoms with Crippen LogP contribution in [0.5, 0.6) is 11.5 Å². The number of ether oxygens (including phenoxy) is 3. The molecule has 0 spiro atoms. The summed E-state index contributed by atoms with van der Waals surface area (Å²) in [5, 5.41) is 6.15. The second-order valence-corrected chi connectivity index (χ2v) is 17.5. The molecule has 1 fully saturated rings. The summed E-state index contributed by atoms with van der Waals surface area (Å²) in [6, 6.07) is 21.1. The molecule has 4 atom stereocenters. The van der Waals surface area contributed by atoms with E-state index in [1.807, 2.05) is 49.4 Å². The van der Waals surface area contributed by atoms with Crippen LogP contribution in [-0.2, 0) is 29.0 Å². The van der Waals surface area contributed by atoms with E-state index in [0.29, 0.717) is 34.5 Å². The number of hydrogen-bond donors (Lipinski definition) is 2. The van der Waals surface area contributed by atoms with Crippen molar-refractivity contribution in [2.45, 2.75) is 95.5 Å². The summed E-state index contributed by atoms with van der Waals surface area (Å²) >= 11 is 0. The molecule has 2 heterocycles. The number of Topliss-reactive ketones (excluding diaryl/α,β-unsaturated/α-hetero) is 1. The van der Waals surface area contributed by atoms with E-state index in [4.69, 9.17) is 19.2 Å². The Bertz CT molecular complexity index is 2170. The van der Waals surface area contributed by atoms with Crippen molar-refractivity contribution in [2.24, 2.45) is 5.92 Å². The van der Waals surface area contributed by atoms with Crippen LogP contribution in [0.4, 0.5) is 4.79 Å². The van der Waals surface area contributed by atoms with Crippen molar-refractivity contribution in [3.8, 4) is 22.8 Å². The second kappa shape index (κ2) is 18.2. The molecule has 0 radical (unpaired) electrons. The van der Waals surface area contributed by atoms with E-state index in [-0.39, 0.29) is 24.3 Å². The first-order valence-corrected chi connectivity index (χ1v) is 20.8. The van der Waals surface area contributed by atoms with Crippen molar-refractivity contribution < 1.29 is 41.8 Å². The van der Waals surface area contributed by atoms with Crippen molar-refractivity contribution in [1.29, 1.82) is 0 Å². The van der Waals surface area contributed by atoms with Crippen LogP contribution >= 0.6 is 0 Å². The van der Waals surface area contributed by atoms with E-state index in [9.17, 15) is 27.6 Å². The molecular formula is C43H52N4O9S. The van der Waals surface area contributed by atoms with Gasteiger partial charge in [-0.25, -0.2) is 18.2 Å². The average Bonchev–Trinajstić information content (AvgIpc) is 3.59. The van der Waals surface area contributed by atoms with Crippen LogP contribution in [0.3, 0.4) is 0 Å². The Hall–Kier alpha value is -5.50. The molecule has 14 heteroatoms. The molecule has 3 aromatic carbocycles. The van der Waals surface area contributed by atoms with Gasteiger partial charge in [0.25, 0.3) is 0 Å². The number of nitrogens with one attached hydrogen (secondary N) is 2. The van der Waals surface area contributed by atoms with Gasteiger partial charge in [-0.05, 0) is 57.4 Å². The van der Waals surface area contributed by atoms with Crippen molar-refractivity contribution >= 4 is 44.4 Å². The highest BCUT2D eigenvalue weighted by Crippen LogP contribution is 2.35. The number of hydrogen-bond acceptors (Lipinski definition) is 10. The summed E-state index contributed by atoms with van der Waals surface area (Å²) in [6.07, 6.45) is -0.818. The highest BCUT2D eigenvalue weighted by Gasteiger charge is 2.45. The third-order valence-corrected chi connectivity index (χ3v) is 11.2. The highest BCUT2D eigenvalue weighted by atomic mass is 32.2. The number of nitrogens with zero attached hydrogens (tertiary/aromatic N) is 2.